The number of nitrogens with one attached hydrogen (secondary N) is 4. The quantitative estimate of drug-likeness (QED) is 0.303. The van der Waals surface area contributed by atoms with Gasteiger partial charge in [0.1, 0.15) is 11.3 Å². The Labute approximate surface area is 184 Å². The molecular weight excluding hydrogens is 400 g/mol. The third-order valence-electron chi connectivity index (χ3n) is 5.34. The first-order valence-corrected chi connectivity index (χ1v) is 10.3. The lowest BCUT2D eigenvalue weighted by molar-refractivity contribution is -0.111. The number of amides is 1. The van der Waals surface area contributed by atoms with Gasteiger partial charge in [0.2, 0.25) is 5.91 Å². The molecular formula is C25H22N6O. The lowest BCUT2D eigenvalue weighted by Gasteiger charge is -2.07. The topological polar surface area (TPSA) is 98.5 Å². The summed E-state index contributed by atoms with van der Waals surface area (Å²) in [5.74, 6) is -0.160. The van der Waals surface area contributed by atoms with Gasteiger partial charge < -0.3 is 20.6 Å². The molecule has 1 aromatic carbocycles. The van der Waals surface area contributed by atoms with E-state index in [1.54, 1.807) is 12.3 Å². The Kier molecular flexibility index (Phi) is 5.23. The van der Waals surface area contributed by atoms with Gasteiger partial charge >= 0.3 is 0 Å². The summed E-state index contributed by atoms with van der Waals surface area (Å²) >= 11 is 0. The number of hydrogen-bond donors (Lipinski definition) is 4. The standard InChI is InChI=1S/C25H22N6O/c1-26-9-3-6-23(32)31-18-5-2-4-16(12-18)17-13-21-22(15-30-25(21)29-14-17)19-7-10-27-24-20(19)8-11-28-24/h2-8,10-15,26H,9H2,1H3,(H,27,28)(H,29,30)(H,31,32). The summed E-state index contributed by atoms with van der Waals surface area (Å²) in [6.07, 6.45) is 10.8. The Morgan fingerprint density at radius 2 is 1.91 bits per heavy atom. The Hall–Kier alpha value is -4.23. The number of rotatable bonds is 6. The van der Waals surface area contributed by atoms with E-state index in [0.717, 1.165) is 50.0 Å². The van der Waals surface area contributed by atoms with Crippen LogP contribution in [0.2, 0.25) is 0 Å². The summed E-state index contributed by atoms with van der Waals surface area (Å²) in [6.45, 7) is 0.644. The highest BCUT2D eigenvalue weighted by molar-refractivity contribution is 6.04. The first-order valence-electron chi connectivity index (χ1n) is 10.3. The average molecular weight is 422 g/mol. The van der Waals surface area contributed by atoms with E-state index in [4.69, 9.17) is 0 Å². The summed E-state index contributed by atoms with van der Waals surface area (Å²) in [4.78, 5) is 27.6. The fourth-order valence-corrected chi connectivity index (χ4v) is 3.82. The van der Waals surface area contributed by atoms with Crippen LogP contribution in [0.3, 0.4) is 0 Å². The molecule has 0 saturated carbocycles. The summed E-state index contributed by atoms with van der Waals surface area (Å²) in [6, 6.07) is 13.9. The molecule has 1 amide bonds. The number of carbonyl (C=O) groups is 1. The molecule has 158 valence electrons. The van der Waals surface area contributed by atoms with Crippen LogP contribution < -0.4 is 10.6 Å². The van der Waals surface area contributed by atoms with Crippen LogP contribution in [0.15, 0.2) is 79.4 Å². The number of nitrogens with zero attached hydrogens (tertiary/aromatic N) is 2. The number of pyridine rings is 2. The Morgan fingerprint density at radius 1 is 1.00 bits per heavy atom. The van der Waals surface area contributed by atoms with Gasteiger partial charge in [-0.2, -0.15) is 0 Å². The van der Waals surface area contributed by atoms with Crippen molar-refractivity contribution in [1.29, 1.82) is 0 Å². The van der Waals surface area contributed by atoms with Crippen molar-refractivity contribution in [3.05, 3.63) is 79.4 Å². The molecule has 7 nitrogen and oxygen atoms in total. The van der Waals surface area contributed by atoms with Crippen LogP contribution >= 0.6 is 0 Å². The number of H-pyrrole nitrogens is 2. The Morgan fingerprint density at radius 3 is 2.81 bits per heavy atom. The van der Waals surface area contributed by atoms with Crippen molar-refractivity contribution < 1.29 is 4.79 Å². The Balaban J connectivity index is 1.50. The molecule has 0 aliphatic rings. The lowest BCUT2D eigenvalue weighted by atomic mass is 10.0. The Bertz CT molecular complexity index is 1450. The molecule has 7 heteroatoms. The molecule has 0 saturated heterocycles. The molecule has 0 atom stereocenters. The minimum Gasteiger partial charge on any atom is -0.346 e. The average Bonchev–Trinajstić information content (AvgIpc) is 3.46. The van der Waals surface area contributed by atoms with Gasteiger partial charge in [-0.05, 0) is 48.5 Å². The molecule has 0 aliphatic heterocycles. The zero-order valence-corrected chi connectivity index (χ0v) is 17.5. The van der Waals surface area contributed by atoms with E-state index in [0.29, 0.717) is 6.54 Å². The van der Waals surface area contributed by atoms with Crippen molar-refractivity contribution in [2.75, 3.05) is 18.9 Å². The molecule has 0 bridgehead atoms. The van der Waals surface area contributed by atoms with Crippen molar-refractivity contribution in [3.8, 4) is 22.3 Å². The first-order chi connectivity index (χ1) is 15.7. The van der Waals surface area contributed by atoms with E-state index in [9.17, 15) is 4.79 Å². The molecule has 0 aliphatic carbocycles. The van der Waals surface area contributed by atoms with Crippen molar-refractivity contribution >= 4 is 33.7 Å². The molecule has 5 rings (SSSR count). The first kappa shape index (κ1) is 19.7. The van der Waals surface area contributed by atoms with Crippen LogP contribution in [-0.2, 0) is 4.79 Å². The normalized spacial score (nSPS) is 11.5. The van der Waals surface area contributed by atoms with E-state index in [1.807, 2.05) is 62.0 Å². The van der Waals surface area contributed by atoms with Gasteiger partial charge in [0.05, 0.1) is 0 Å². The van der Waals surface area contributed by atoms with E-state index >= 15 is 0 Å². The summed E-state index contributed by atoms with van der Waals surface area (Å²) in [7, 11) is 1.84. The van der Waals surface area contributed by atoms with E-state index in [-0.39, 0.29) is 5.91 Å². The van der Waals surface area contributed by atoms with Gasteiger partial charge in [0.15, 0.2) is 0 Å². The minimum atomic E-state index is -0.160. The molecule has 4 N–H and O–H groups in total. The fraction of sp³-hybridized carbons (Fsp3) is 0.0800. The predicted octanol–water partition coefficient (Wildman–Crippen LogP) is 4.49. The maximum Gasteiger partial charge on any atom is 0.248 e. The van der Waals surface area contributed by atoms with Crippen molar-refractivity contribution in [1.82, 2.24) is 25.3 Å². The van der Waals surface area contributed by atoms with Crippen LogP contribution in [0.4, 0.5) is 5.69 Å². The van der Waals surface area contributed by atoms with Gasteiger partial charge in [0, 0.05) is 65.0 Å². The molecule has 4 aromatic heterocycles. The lowest BCUT2D eigenvalue weighted by Crippen LogP contribution is -2.10. The molecule has 32 heavy (non-hydrogen) atoms. The van der Waals surface area contributed by atoms with Gasteiger partial charge in [0.25, 0.3) is 0 Å². The number of fused-ring (bicyclic) bond motifs is 2. The second-order valence-electron chi connectivity index (χ2n) is 7.45. The third kappa shape index (κ3) is 3.77. The van der Waals surface area contributed by atoms with Gasteiger partial charge in [-0.1, -0.05) is 18.2 Å². The molecule has 0 radical (unpaired) electrons. The van der Waals surface area contributed by atoms with Gasteiger partial charge in [-0.3, -0.25) is 4.79 Å². The number of aromatic amines is 2. The molecule has 5 aromatic rings. The fourth-order valence-electron chi connectivity index (χ4n) is 3.82. The zero-order valence-electron chi connectivity index (χ0n) is 17.5. The second-order valence-corrected chi connectivity index (χ2v) is 7.45. The maximum absolute atomic E-state index is 12.1. The number of anilines is 1. The second kappa shape index (κ2) is 8.49. The van der Waals surface area contributed by atoms with Crippen LogP contribution in [0.1, 0.15) is 0 Å². The van der Waals surface area contributed by atoms with Crippen molar-refractivity contribution in [2.45, 2.75) is 0 Å². The zero-order chi connectivity index (χ0) is 21.9. The number of likely N-dealkylation sites (N-methyl/N-ethyl adjacent to an activating group) is 1. The summed E-state index contributed by atoms with van der Waals surface area (Å²) in [5, 5.41) is 7.97. The maximum atomic E-state index is 12.1. The van der Waals surface area contributed by atoms with Crippen LogP contribution in [0.5, 0.6) is 0 Å². The highest BCUT2D eigenvalue weighted by Gasteiger charge is 2.13. The van der Waals surface area contributed by atoms with E-state index < -0.39 is 0 Å². The smallest absolute Gasteiger partial charge is 0.248 e. The van der Waals surface area contributed by atoms with Gasteiger partial charge in [-0.25, -0.2) is 9.97 Å². The number of hydrogen-bond acceptors (Lipinski definition) is 4. The van der Waals surface area contributed by atoms with Crippen LogP contribution in [0.25, 0.3) is 44.3 Å². The van der Waals surface area contributed by atoms with E-state index in [1.165, 1.54) is 6.08 Å². The highest BCUT2D eigenvalue weighted by atomic mass is 16.1. The SMILES string of the molecule is CNCC=CC(=O)Nc1cccc(-c2cnc3[nH]cc(-c4ccnc5[nH]ccc45)c3c2)c1. The molecule has 0 spiro atoms. The van der Waals surface area contributed by atoms with Gasteiger partial charge in [-0.15, -0.1) is 0 Å². The predicted molar refractivity (Wildman–Crippen MR) is 128 cm³/mol. The third-order valence-corrected chi connectivity index (χ3v) is 5.34. The summed E-state index contributed by atoms with van der Waals surface area (Å²) < 4.78 is 0. The molecule has 4 heterocycles. The van der Waals surface area contributed by atoms with Crippen LogP contribution in [0, 0.1) is 0 Å². The summed E-state index contributed by atoms with van der Waals surface area (Å²) in [5.41, 5.74) is 6.52. The number of carbonyl (C=O) groups excluding carboxylic acids is 1. The van der Waals surface area contributed by atoms with Crippen LogP contribution in [-0.4, -0.2) is 39.4 Å². The highest BCUT2D eigenvalue weighted by Crippen LogP contribution is 2.34. The molecule has 0 unspecified atom stereocenters. The number of aromatic nitrogens is 4. The molecule has 0 fully saturated rings. The monoisotopic (exact) mass is 422 g/mol. The van der Waals surface area contributed by atoms with Crippen molar-refractivity contribution in [3.63, 3.8) is 0 Å². The van der Waals surface area contributed by atoms with Crippen molar-refractivity contribution in [2.24, 2.45) is 0 Å². The minimum absolute atomic E-state index is 0.160. The number of benzene rings is 1. The largest absolute Gasteiger partial charge is 0.346 e. The van der Waals surface area contributed by atoms with E-state index in [2.05, 4.69) is 36.6 Å².